The second-order valence-corrected chi connectivity index (χ2v) is 9.99. The molecule has 168 valence electrons. The number of fused-ring (bicyclic) bond motifs is 1. The van der Waals surface area contributed by atoms with Gasteiger partial charge in [0, 0.05) is 12.0 Å². The van der Waals surface area contributed by atoms with Crippen LogP contribution in [0.1, 0.15) is 78.5 Å². The lowest BCUT2D eigenvalue weighted by molar-refractivity contribution is 0.121. The van der Waals surface area contributed by atoms with E-state index in [0.717, 1.165) is 17.9 Å². The van der Waals surface area contributed by atoms with Crippen LogP contribution < -0.4 is 9.47 Å². The zero-order chi connectivity index (χ0) is 23.0. The second kappa shape index (κ2) is 8.65. The van der Waals surface area contributed by atoms with Crippen molar-refractivity contribution in [1.82, 2.24) is 0 Å². The molecule has 3 aromatic rings. The Morgan fingerprint density at radius 3 is 2.16 bits per heavy atom. The van der Waals surface area contributed by atoms with Gasteiger partial charge in [-0.15, -0.1) is 0 Å². The molecular weight excluding hydrogens is 392 g/mol. The fourth-order valence-corrected chi connectivity index (χ4v) is 5.04. The summed E-state index contributed by atoms with van der Waals surface area (Å²) in [7, 11) is 0. The van der Waals surface area contributed by atoms with Crippen molar-refractivity contribution in [2.45, 2.75) is 72.3 Å². The van der Waals surface area contributed by atoms with E-state index < -0.39 is 0 Å². The zero-order valence-electron chi connectivity index (χ0n) is 20.6. The Kier molecular flexibility index (Phi) is 6.07. The van der Waals surface area contributed by atoms with Gasteiger partial charge in [0.05, 0.1) is 12.5 Å². The molecule has 0 bridgehead atoms. The molecule has 1 heterocycles. The van der Waals surface area contributed by atoms with Gasteiger partial charge in [0.25, 0.3) is 0 Å². The molecule has 4 rings (SSSR count). The van der Waals surface area contributed by atoms with Crippen molar-refractivity contribution in [2.24, 2.45) is 0 Å². The first kappa shape index (κ1) is 22.5. The highest BCUT2D eigenvalue weighted by atomic mass is 16.5. The Bertz CT molecular complexity index is 1090. The second-order valence-electron chi connectivity index (χ2n) is 9.99. The number of benzene rings is 3. The maximum Gasteiger partial charge on any atom is 0.127 e. The highest BCUT2D eigenvalue weighted by molar-refractivity contribution is 5.64. The van der Waals surface area contributed by atoms with E-state index in [2.05, 4.69) is 103 Å². The smallest absolute Gasteiger partial charge is 0.127 e. The van der Waals surface area contributed by atoms with Gasteiger partial charge in [0.2, 0.25) is 0 Å². The Morgan fingerprint density at radius 2 is 1.53 bits per heavy atom. The molecular formula is C30H36O2. The average Bonchev–Trinajstić information content (AvgIpc) is 3.06. The Hall–Kier alpha value is -2.74. The predicted octanol–water partition coefficient (Wildman–Crippen LogP) is 7.66. The van der Waals surface area contributed by atoms with Gasteiger partial charge < -0.3 is 9.47 Å². The molecule has 1 aliphatic rings. The van der Waals surface area contributed by atoms with Gasteiger partial charge in [0.1, 0.15) is 17.1 Å². The van der Waals surface area contributed by atoms with Crippen molar-refractivity contribution in [1.29, 1.82) is 0 Å². The highest BCUT2D eigenvalue weighted by Gasteiger charge is 2.45. The van der Waals surface area contributed by atoms with Crippen LogP contribution in [0.2, 0.25) is 0 Å². The molecule has 0 saturated heterocycles. The lowest BCUT2D eigenvalue weighted by atomic mass is 9.78. The molecule has 0 radical (unpaired) electrons. The third-order valence-electron chi connectivity index (χ3n) is 7.00. The van der Waals surface area contributed by atoms with Crippen LogP contribution in [0.4, 0.5) is 0 Å². The summed E-state index contributed by atoms with van der Waals surface area (Å²) >= 11 is 0. The first-order valence-electron chi connectivity index (χ1n) is 11.8. The summed E-state index contributed by atoms with van der Waals surface area (Å²) in [6.45, 7) is 16.1. The van der Waals surface area contributed by atoms with E-state index in [4.69, 9.17) is 9.47 Å². The largest absolute Gasteiger partial charge is 0.493 e. The summed E-state index contributed by atoms with van der Waals surface area (Å²) in [4.78, 5) is 0. The predicted molar refractivity (Wildman–Crippen MR) is 133 cm³/mol. The van der Waals surface area contributed by atoms with Crippen LogP contribution in [-0.2, 0) is 6.42 Å². The minimum absolute atomic E-state index is 0.175. The molecule has 1 unspecified atom stereocenters. The number of ether oxygens (including phenoxy) is 2. The van der Waals surface area contributed by atoms with E-state index in [1.54, 1.807) is 0 Å². The van der Waals surface area contributed by atoms with Crippen LogP contribution in [-0.4, -0.2) is 12.2 Å². The van der Waals surface area contributed by atoms with E-state index in [1.165, 1.54) is 38.9 Å². The summed E-state index contributed by atoms with van der Waals surface area (Å²) in [6.07, 6.45) is 0.901. The topological polar surface area (TPSA) is 18.5 Å². The van der Waals surface area contributed by atoms with Crippen LogP contribution in [0.25, 0.3) is 0 Å². The summed E-state index contributed by atoms with van der Waals surface area (Å²) in [6, 6.07) is 19.6. The number of rotatable bonds is 6. The summed E-state index contributed by atoms with van der Waals surface area (Å²) in [5.41, 5.74) is 8.52. The first-order valence-corrected chi connectivity index (χ1v) is 11.8. The first-order chi connectivity index (χ1) is 15.2. The normalized spacial score (nSPS) is 16.7. The van der Waals surface area contributed by atoms with Crippen molar-refractivity contribution < 1.29 is 9.47 Å². The molecule has 0 aromatic heterocycles. The Morgan fingerprint density at radius 1 is 0.875 bits per heavy atom. The van der Waals surface area contributed by atoms with Crippen molar-refractivity contribution in [3.63, 3.8) is 0 Å². The quantitative estimate of drug-likeness (QED) is 0.401. The van der Waals surface area contributed by atoms with Gasteiger partial charge in [-0.2, -0.15) is 0 Å². The molecule has 2 heteroatoms. The molecule has 1 atom stereocenters. The van der Waals surface area contributed by atoms with E-state index in [-0.39, 0.29) is 11.5 Å². The minimum Gasteiger partial charge on any atom is -0.493 e. The van der Waals surface area contributed by atoms with Gasteiger partial charge in [0.15, 0.2) is 0 Å². The molecule has 2 nitrogen and oxygen atoms in total. The number of hydrogen-bond acceptors (Lipinski definition) is 2. The molecule has 32 heavy (non-hydrogen) atoms. The molecule has 0 fully saturated rings. The minimum atomic E-state index is -0.313. The summed E-state index contributed by atoms with van der Waals surface area (Å²) < 4.78 is 13.0. The van der Waals surface area contributed by atoms with Gasteiger partial charge >= 0.3 is 0 Å². The van der Waals surface area contributed by atoms with Crippen molar-refractivity contribution in [3.05, 3.63) is 93.5 Å². The van der Waals surface area contributed by atoms with Crippen molar-refractivity contribution in [2.75, 3.05) is 6.61 Å². The van der Waals surface area contributed by atoms with Gasteiger partial charge in [-0.05, 0) is 73.9 Å². The van der Waals surface area contributed by atoms with Crippen LogP contribution in [0.3, 0.4) is 0 Å². The van der Waals surface area contributed by atoms with Gasteiger partial charge in [-0.3, -0.25) is 0 Å². The maximum absolute atomic E-state index is 6.60. The molecule has 1 aliphatic heterocycles. The van der Waals surface area contributed by atoms with Gasteiger partial charge in [-0.25, -0.2) is 0 Å². The van der Waals surface area contributed by atoms with Crippen LogP contribution in [0.15, 0.2) is 54.6 Å². The molecule has 0 amide bonds. The van der Waals surface area contributed by atoms with Crippen LogP contribution in [0, 0.1) is 20.8 Å². The monoisotopic (exact) mass is 428 g/mol. The molecule has 0 spiro atoms. The SMILES string of the molecule is Cc1c(C)c2c(c(C)c1OCCc1ccccc1)C(c1ccc(C(C)C)cc1)C(C)(C)O2. The van der Waals surface area contributed by atoms with Crippen molar-refractivity contribution in [3.8, 4) is 11.5 Å². The van der Waals surface area contributed by atoms with E-state index in [0.29, 0.717) is 12.5 Å². The van der Waals surface area contributed by atoms with Crippen LogP contribution in [0.5, 0.6) is 11.5 Å². The summed E-state index contributed by atoms with van der Waals surface area (Å²) in [5, 5.41) is 0. The van der Waals surface area contributed by atoms with Crippen molar-refractivity contribution >= 4 is 0 Å². The fourth-order valence-electron chi connectivity index (χ4n) is 5.04. The lowest BCUT2D eigenvalue weighted by Gasteiger charge is -2.27. The standard InChI is InChI=1S/C30H36O2/c1-19(2)24-13-15-25(16-14-24)27-26-22(5)28(31-18-17-23-11-9-8-10-12-23)20(3)21(4)29(26)32-30(27,6)7/h8-16,19,27H,17-18H2,1-7H3. The summed E-state index contributed by atoms with van der Waals surface area (Å²) in [5.74, 6) is 2.76. The highest BCUT2D eigenvalue weighted by Crippen LogP contribution is 2.54. The molecule has 0 saturated carbocycles. The zero-order valence-corrected chi connectivity index (χ0v) is 20.6. The van der Waals surface area contributed by atoms with E-state index in [1.807, 2.05) is 0 Å². The molecule has 0 N–H and O–H groups in total. The average molecular weight is 429 g/mol. The molecule has 0 aliphatic carbocycles. The van der Waals surface area contributed by atoms with Gasteiger partial charge in [-0.1, -0.05) is 68.4 Å². The van der Waals surface area contributed by atoms with E-state index in [9.17, 15) is 0 Å². The number of hydrogen-bond donors (Lipinski definition) is 0. The van der Waals surface area contributed by atoms with E-state index >= 15 is 0 Å². The third-order valence-corrected chi connectivity index (χ3v) is 7.00. The fraction of sp³-hybridized carbons (Fsp3) is 0.400. The van der Waals surface area contributed by atoms with Crippen LogP contribution >= 0.6 is 0 Å². The lowest BCUT2D eigenvalue weighted by Crippen LogP contribution is -2.31. The Balaban J connectivity index is 1.71. The molecule has 3 aromatic carbocycles. The third kappa shape index (κ3) is 4.03. The Labute approximate surface area is 193 Å². The maximum atomic E-state index is 6.60.